The minimum atomic E-state index is 0.248. The maximum Gasteiger partial charge on any atom is 0.205 e. The lowest BCUT2D eigenvalue weighted by Crippen LogP contribution is -2.40. The molecule has 3 N–H and O–H groups in total. The summed E-state index contributed by atoms with van der Waals surface area (Å²) in [6.45, 7) is 4.67. The molecule has 0 radical (unpaired) electrons. The normalized spacial score (nSPS) is 18.9. The van der Waals surface area contributed by atoms with Crippen LogP contribution in [-0.4, -0.2) is 42.9 Å². The zero-order valence-electron chi connectivity index (χ0n) is 12.1. The molecule has 1 aliphatic heterocycles. The maximum atomic E-state index is 5.85. The Balaban J connectivity index is 2.14. The van der Waals surface area contributed by atoms with Crippen LogP contribution in [0.25, 0.3) is 0 Å². The van der Waals surface area contributed by atoms with E-state index in [1.54, 1.807) is 7.11 Å². The average Bonchev–Trinajstić information content (AvgIpc) is 2.52. The van der Waals surface area contributed by atoms with Gasteiger partial charge in [-0.05, 0) is 19.3 Å². The van der Waals surface area contributed by atoms with Gasteiger partial charge in [-0.2, -0.15) is 0 Å². The lowest BCUT2D eigenvalue weighted by Gasteiger charge is -2.34. The van der Waals surface area contributed by atoms with Crippen LogP contribution < -0.4 is 20.9 Å². The number of ether oxygens (including phenoxy) is 2. The first-order valence-electron chi connectivity index (χ1n) is 7.02. The maximum absolute atomic E-state index is 5.85. The summed E-state index contributed by atoms with van der Waals surface area (Å²) < 4.78 is 11.2. The fourth-order valence-corrected chi connectivity index (χ4v) is 2.43. The molecular formula is C13H23N5O2. The van der Waals surface area contributed by atoms with Crippen molar-refractivity contribution >= 4 is 11.6 Å². The van der Waals surface area contributed by atoms with E-state index in [0.29, 0.717) is 11.6 Å². The molecule has 112 valence electrons. The number of aromatic nitrogens is 2. The van der Waals surface area contributed by atoms with Gasteiger partial charge in [-0.1, -0.05) is 6.92 Å². The van der Waals surface area contributed by atoms with Crippen LogP contribution in [0.1, 0.15) is 26.2 Å². The van der Waals surface area contributed by atoms with Crippen molar-refractivity contribution in [2.45, 2.75) is 32.3 Å². The Hall–Kier alpha value is -1.60. The number of hydrazine groups is 1. The minimum Gasteiger partial charge on any atom is -0.490 e. The van der Waals surface area contributed by atoms with Crippen molar-refractivity contribution in [1.29, 1.82) is 0 Å². The van der Waals surface area contributed by atoms with Crippen molar-refractivity contribution in [3.05, 3.63) is 6.33 Å². The van der Waals surface area contributed by atoms with Gasteiger partial charge in [-0.3, -0.25) is 0 Å². The average molecular weight is 281 g/mol. The summed E-state index contributed by atoms with van der Waals surface area (Å²) >= 11 is 0. The number of nitrogens with two attached hydrogens (primary N) is 1. The third kappa shape index (κ3) is 3.29. The Labute approximate surface area is 119 Å². The van der Waals surface area contributed by atoms with Gasteiger partial charge >= 0.3 is 0 Å². The van der Waals surface area contributed by atoms with E-state index in [0.717, 1.165) is 44.8 Å². The van der Waals surface area contributed by atoms with Crippen molar-refractivity contribution in [1.82, 2.24) is 9.97 Å². The third-order valence-corrected chi connectivity index (χ3v) is 3.36. The summed E-state index contributed by atoms with van der Waals surface area (Å²) in [4.78, 5) is 10.6. The van der Waals surface area contributed by atoms with Crippen LogP contribution in [0.5, 0.6) is 5.75 Å². The Morgan fingerprint density at radius 3 is 3.05 bits per heavy atom. The molecule has 7 nitrogen and oxygen atoms in total. The lowest BCUT2D eigenvalue weighted by atomic mass is 10.1. The van der Waals surface area contributed by atoms with E-state index in [1.807, 2.05) is 0 Å². The molecule has 1 unspecified atom stereocenters. The van der Waals surface area contributed by atoms with E-state index in [9.17, 15) is 0 Å². The van der Waals surface area contributed by atoms with E-state index in [4.69, 9.17) is 15.3 Å². The quantitative estimate of drug-likeness (QED) is 0.598. The SMILES string of the molecule is CCCOC1CCCN(c2ncnc(NN)c2OC)C1. The van der Waals surface area contributed by atoms with Gasteiger partial charge in [0.1, 0.15) is 6.33 Å². The van der Waals surface area contributed by atoms with Crippen LogP contribution in [-0.2, 0) is 4.74 Å². The highest BCUT2D eigenvalue weighted by atomic mass is 16.5. The monoisotopic (exact) mass is 281 g/mol. The van der Waals surface area contributed by atoms with Gasteiger partial charge < -0.3 is 19.8 Å². The van der Waals surface area contributed by atoms with E-state index >= 15 is 0 Å². The molecule has 1 aromatic rings. The summed E-state index contributed by atoms with van der Waals surface area (Å²) in [5, 5.41) is 0. The molecule has 1 saturated heterocycles. The first-order chi connectivity index (χ1) is 9.80. The van der Waals surface area contributed by atoms with Crippen molar-refractivity contribution < 1.29 is 9.47 Å². The first-order valence-corrected chi connectivity index (χ1v) is 7.02. The summed E-state index contributed by atoms with van der Waals surface area (Å²) in [6.07, 6.45) is 4.94. The third-order valence-electron chi connectivity index (χ3n) is 3.36. The van der Waals surface area contributed by atoms with Gasteiger partial charge in [0.15, 0.2) is 11.6 Å². The molecule has 20 heavy (non-hydrogen) atoms. The summed E-state index contributed by atoms with van der Waals surface area (Å²) in [7, 11) is 1.60. The van der Waals surface area contributed by atoms with Crippen LogP contribution in [0.4, 0.5) is 11.6 Å². The fourth-order valence-electron chi connectivity index (χ4n) is 2.43. The first kappa shape index (κ1) is 14.8. The molecule has 2 rings (SSSR count). The molecule has 0 aliphatic carbocycles. The second kappa shape index (κ2) is 7.25. The molecule has 0 bridgehead atoms. The number of nitrogen functional groups attached to an aromatic ring is 1. The van der Waals surface area contributed by atoms with E-state index in [2.05, 4.69) is 27.2 Å². The number of rotatable bonds is 6. The molecule has 1 atom stereocenters. The summed E-state index contributed by atoms with van der Waals surface area (Å²) in [6, 6.07) is 0. The van der Waals surface area contributed by atoms with E-state index < -0.39 is 0 Å². The molecule has 1 aliphatic rings. The molecule has 0 aromatic carbocycles. The van der Waals surface area contributed by atoms with Gasteiger partial charge in [0.05, 0.1) is 13.2 Å². The summed E-state index contributed by atoms with van der Waals surface area (Å²) in [5.41, 5.74) is 2.54. The summed E-state index contributed by atoms with van der Waals surface area (Å²) in [5.74, 6) is 7.29. The highest BCUT2D eigenvalue weighted by Gasteiger charge is 2.25. The molecule has 0 saturated carbocycles. The second-order valence-electron chi connectivity index (χ2n) is 4.80. The molecule has 0 spiro atoms. The number of nitrogens with zero attached hydrogens (tertiary/aromatic N) is 3. The Morgan fingerprint density at radius 2 is 2.35 bits per heavy atom. The van der Waals surface area contributed by atoms with Crippen molar-refractivity contribution in [3.8, 4) is 5.75 Å². The number of piperidine rings is 1. The fraction of sp³-hybridized carbons (Fsp3) is 0.692. The highest BCUT2D eigenvalue weighted by molar-refractivity contribution is 5.64. The Kier molecular flexibility index (Phi) is 5.37. The number of anilines is 2. The van der Waals surface area contributed by atoms with Crippen LogP contribution >= 0.6 is 0 Å². The zero-order valence-corrected chi connectivity index (χ0v) is 12.1. The highest BCUT2D eigenvalue weighted by Crippen LogP contribution is 2.33. The van der Waals surface area contributed by atoms with Gasteiger partial charge in [-0.15, -0.1) is 0 Å². The standard InChI is InChI=1S/C13H23N5O2/c1-3-7-20-10-5-4-6-18(8-10)13-11(19-2)12(17-14)15-9-16-13/h9-10H,3-8,14H2,1-2H3,(H,15,16,17). The molecular weight excluding hydrogens is 258 g/mol. The van der Waals surface area contributed by atoms with Crippen LogP contribution in [0, 0.1) is 0 Å². The predicted octanol–water partition coefficient (Wildman–Crippen LogP) is 1.17. The largest absolute Gasteiger partial charge is 0.490 e. The Bertz CT molecular complexity index is 429. The lowest BCUT2D eigenvalue weighted by molar-refractivity contribution is 0.0438. The second-order valence-corrected chi connectivity index (χ2v) is 4.80. The molecule has 2 heterocycles. The smallest absolute Gasteiger partial charge is 0.205 e. The van der Waals surface area contributed by atoms with Gasteiger partial charge in [0.25, 0.3) is 0 Å². The van der Waals surface area contributed by atoms with E-state index in [-0.39, 0.29) is 6.10 Å². The van der Waals surface area contributed by atoms with Gasteiger partial charge in [0, 0.05) is 19.7 Å². The van der Waals surface area contributed by atoms with Crippen LogP contribution in [0.2, 0.25) is 0 Å². The van der Waals surface area contributed by atoms with E-state index in [1.165, 1.54) is 6.33 Å². The zero-order chi connectivity index (χ0) is 14.4. The molecule has 1 fully saturated rings. The number of nitrogens with one attached hydrogen (secondary N) is 1. The van der Waals surface area contributed by atoms with Crippen LogP contribution in [0.15, 0.2) is 6.33 Å². The topological polar surface area (TPSA) is 85.5 Å². The van der Waals surface area contributed by atoms with Crippen molar-refractivity contribution in [2.24, 2.45) is 5.84 Å². The van der Waals surface area contributed by atoms with Gasteiger partial charge in [0.2, 0.25) is 5.75 Å². The predicted molar refractivity (Wildman–Crippen MR) is 77.9 cm³/mol. The number of methoxy groups -OCH3 is 1. The minimum absolute atomic E-state index is 0.248. The van der Waals surface area contributed by atoms with Crippen molar-refractivity contribution in [2.75, 3.05) is 37.1 Å². The number of hydrogen-bond donors (Lipinski definition) is 2. The van der Waals surface area contributed by atoms with Crippen molar-refractivity contribution in [3.63, 3.8) is 0 Å². The van der Waals surface area contributed by atoms with Crippen LogP contribution in [0.3, 0.4) is 0 Å². The molecule has 1 aromatic heterocycles. The molecule has 0 amide bonds. The number of hydrogen-bond acceptors (Lipinski definition) is 7. The Morgan fingerprint density at radius 1 is 1.50 bits per heavy atom. The molecule has 7 heteroatoms. The van der Waals surface area contributed by atoms with Gasteiger partial charge in [-0.25, -0.2) is 15.8 Å².